The van der Waals surface area contributed by atoms with Gasteiger partial charge in [-0.2, -0.15) is 0 Å². The number of furan rings is 1. The summed E-state index contributed by atoms with van der Waals surface area (Å²) in [6.07, 6.45) is 1.59. The van der Waals surface area contributed by atoms with Gasteiger partial charge in [0.2, 0.25) is 0 Å². The number of aromatic nitrogens is 3. The molecule has 0 spiro atoms. The summed E-state index contributed by atoms with van der Waals surface area (Å²) in [5.74, 6) is 1.10. The number of halogens is 1. The van der Waals surface area contributed by atoms with Crippen LogP contribution < -0.4 is 10.9 Å². The highest BCUT2D eigenvalue weighted by molar-refractivity contribution is 7.19. The average molecular weight is 523 g/mol. The van der Waals surface area contributed by atoms with E-state index in [1.54, 1.807) is 35.1 Å². The first kappa shape index (κ1) is 23.0. The lowest BCUT2D eigenvalue weighted by Gasteiger charge is -2.14. The summed E-state index contributed by atoms with van der Waals surface area (Å²) in [6.45, 7) is 4.08. The number of nitrogens with one attached hydrogen (secondary N) is 1. The van der Waals surface area contributed by atoms with Crippen LogP contribution in [0.25, 0.3) is 44.2 Å². The third kappa shape index (κ3) is 4.35. The summed E-state index contributed by atoms with van der Waals surface area (Å²) < 4.78 is 7.09. The summed E-state index contributed by atoms with van der Waals surface area (Å²) in [5, 5.41) is 4.95. The molecule has 0 saturated heterocycles. The monoisotopic (exact) mass is 522 g/mol. The molecule has 0 aliphatic heterocycles. The number of rotatable bonds is 6. The van der Waals surface area contributed by atoms with Gasteiger partial charge in [-0.25, -0.2) is 9.97 Å². The van der Waals surface area contributed by atoms with Crippen molar-refractivity contribution in [3.05, 3.63) is 125 Å². The first-order valence-corrected chi connectivity index (χ1v) is 12.6. The van der Waals surface area contributed by atoms with Crippen molar-refractivity contribution in [3.63, 3.8) is 0 Å². The van der Waals surface area contributed by atoms with Crippen LogP contribution in [0.4, 0.5) is 5.13 Å². The molecular formula is C29H19ClN4O2S. The summed E-state index contributed by atoms with van der Waals surface area (Å²) in [7, 11) is 0. The van der Waals surface area contributed by atoms with E-state index < -0.39 is 0 Å². The second kappa shape index (κ2) is 9.54. The van der Waals surface area contributed by atoms with Crippen LogP contribution in [0, 0.1) is 0 Å². The molecule has 0 amide bonds. The number of fused-ring (bicyclic) bond motifs is 1. The van der Waals surface area contributed by atoms with E-state index in [0.29, 0.717) is 49.7 Å². The van der Waals surface area contributed by atoms with Crippen LogP contribution >= 0.6 is 22.9 Å². The van der Waals surface area contributed by atoms with Gasteiger partial charge in [0, 0.05) is 10.6 Å². The van der Waals surface area contributed by atoms with E-state index in [-0.39, 0.29) is 5.56 Å². The Morgan fingerprint density at radius 3 is 2.43 bits per heavy atom. The van der Waals surface area contributed by atoms with Crippen LogP contribution in [0.5, 0.6) is 0 Å². The van der Waals surface area contributed by atoms with Crippen molar-refractivity contribution in [2.75, 3.05) is 5.32 Å². The Kier molecular flexibility index (Phi) is 5.92. The molecular weight excluding hydrogens is 504 g/mol. The van der Waals surface area contributed by atoms with Gasteiger partial charge in [0.25, 0.3) is 5.56 Å². The third-order valence-corrected chi connectivity index (χ3v) is 7.03. The Balaban J connectivity index is 1.60. The first-order valence-electron chi connectivity index (χ1n) is 11.4. The lowest BCUT2D eigenvalue weighted by atomic mass is 10.1. The third-order valence-electron chi connectivity index (χ3n) is 5.81. The van der Waals surface area contributed by atoms with E-state index in [4.69, 9.17) is 26.0 Å². The van der Waals surface area contributed by atoms with Crippen molar-refractivity contribution < 1.29 is 4.42 Å². The van der Waals surface area contributed by atoms with Gasteiger partial charge in [0.15, 0.2) is 11.0 Å². The van der Waals surface area contributed by atoms with Crippen LogP contribution in [-0.2, 0) is 0 Å². The van der Waals surface area contributed by atoms with E-state index in [2.05, 4.69) is 11.9 Å². The summed E-state index contributed by atoms with van der Waals surface area (Å²) >= 11 is 7.54. The van der Waals surface area contributed by atoms with Gasteiger partial charge in [0.05, 0.1) is 34.2 Å². The number of hydrogen-bond acceptors (Lipinski definition) is 6. The van der Waals surface area contributed by atoms with E-state index >= 15 is 0 Å². The molecule has 0 fully saturated rings. The number of hydrogen-bond donors (Lipinski definition) is 1. The minimum atomic E-state index is -0.176. The Morgan fingerprint density at radius 1 is 0.919 bits per heavy atom. The van der Waals surface area contributed by atoms with Crippen LogP contribution in [0.2, 0.25) is 5.02 Å². The molecule has 1 N–H and O–H groups in total. The van der Waals surface area contributed by atoms with Gasteiger partial charge >= 0.3 is 0 Å². The van der Waals surface area contributed by atoms with Gasteiger partial charge in [-0.15, -0.1) is 0 Å². The molecule has 0 bridgehead atoms. The predicted octanol–water partition coefficient (Wildman–Crippen LogP) is 7.51. The number of para-hydroxylation sites is 1. The zero-order chi connectivity index (χ0) is 25.4. The molecule has 0 unspecified atom stereocenters. The highest BCUT2D eigenvalue weighted by Crippen LogP contribution is 2.40. The molecule has 0 radical (unpaired) electrons. The van der Waals surface area contributed by atoms with Gasteiger partial charge in [-0.3, -0.25) is 9.36 Å². The molecule has 6 nitrogen and oxygen atoms in total. The quantitative estimate of drug-likeness (QED) is 0.245. The normalized spacial score (nSPS) is 11.1. The predicted molar refractivity (Wildman–Crippen MR) is 150 cm³/mol. The van der Waals surface area contributed by atoms with Crippen LogP contribution in [0.3, 0.4) is 0 Å². The SMILES string of the molecule is C=C(Nc1nc(-c2ccccc2)c(-c2nc3ccccc3c(=O)n2-c2ccc(Cl)cc2)s1)c1ccco1. The van der Waals surface area contributed by atoms with Gasteiger partial charge < -0.3 is 9.73 Å². The van der Waals surface area contributed by atoms with E-state index in [9.17, 15) is 4.79 Å². The van der Waals surface area contributed by atoms with Gasteiger partial charge in [0.1, 0.15) is 10.6 Å². The van der Waals surface area contributed by atoms with E-state index in [1.807, 2.05) is 66.7 Å². The molecule has 180 valence electrons. The maximum absolute atomic E-state index is 13.8. The highest BCUT2D eigenvalue weighted by Gasteiger charge is 2.22. The topological polar surface area (TPSA) is 73.0 Å². The fraction of sp³-hybridized carbons (Fsp3) is 0. The number of thiazole rings is 1. The standard InChI is InChI=1S/C29H19ClN4O2S/c1-18(24-12-7-17-36-24)31-29-33-25(19-8-3-2-4-9-19)26(37-29)27-32-23-11-6-5-10-22(23)28(35)34(27)21-15-13-20(30)14-16-21/h2-17H,1H2,(H,31,33). The molecule has 0 atom stereocenters. The van der Waals surface area contributed by atoms with Gasteiger partial charge in [-0.05, 0) is 48.5 Å². The van der Waals surface area contributed by atoms with E-state index in [1.165, 1.54) is 11.3 Å². The fourth-order valence-electron chi connectivity index (χ4n) is 4.07. The second-order valence-electron chi connectivity index (χ2n) is 8.21. The smallest absolute Gasteiger partial charge is 0.266 e. The minimum Gasteiger partial charge on any atom is -0.463 e. The molecule has 3 aromatic carbocycles. The number of benzene rings is 3. The van der Waals surface area contributed by atoms with Crippen LogP contribution in [0.1, 0.15) is 5.76 Å². The van der Waals surface area contributed by atoms with Crippen molar-refractivity contribution in [3.8, 4) is 27.6 Å². The molecule has 3 heterocycles. The Morgan fingerprint density at radius 2 is 1.68 bits per heavy atom. The van der Waals surface area contributed by atoms with Crippen molar-refractivity contribution >= 4 is 44.7 Å². The fourth-order valence-corrected chi connectivity index (χ4v) is 5.19. The van der Waals surface area contributed by atoms with E-state index in [0.717, 1.165) is 10.4 Å². The minimum absolute atomic E-state index is 0.176. The highest BCUT2D eigenvalue weighted by atomic mass is 35.5. The largest absolute Gasteiger partial charge is 0.463 e. The van der Waals surface area contributed by atoms with Crippen molar-refractivity contribution in [2.45, 2.75) is 0 Å². The molecule has 6 rings (SSSR count). The van der Waals surface area contributed by atoms with Crippen molar-refractivity contribution in [2.24, 2.45) is 0 Å². The van der Waals surface area contributed by atoms with Crippen LogP contribution in [0.15, 0.2) is 113 Å². The molecule has 0 aliphatic rings. The zero-order valence-electron chi connectivity index (χ0n) is 19.4. The lowest BCUT2D eigenvalue weighted by molar-refractivity contribution is 0.553. The zero-order valence-corrected chi connectivity index (χ0v) is 21.0. The van der Waals surface area contributed by atoms with Crippen LogP contribution in [-0.4, -0.2) is 14.5 Å². The first-order chi connectivity index (χ1) is 18.1. The molecule has 6 aromatic rings. The van der Waals surface area contributed by atoms with Gasteiger partial charge in [-0.1, -0.05) is 72.0 Å². The summed E-state index contributed by atoms with van der Waals surface area (Å²) in [6, 6.07) is 27.9. The molecule has 0 aliphatic carbocycles. The Bertz CT molecular complexity index is 1790. The van der Waals surface area contributed by atoms with Crippen molar-refractivity contribution in [1.29, 1.82) is 0 Å². The number of anilines is 1. The maximum Gasteiger partial charge on any atom is 0.266 e. The number of nitrogens with zero attached hydrogens (tertiary/aromatic N) is 3. The molecule has 37 heavy (non-hydrogen) atoms. The average Bonchev–Trinajstić information content (AvgIpc) is 3.61. The molecule has 8 heteroatoms. The Hall–Kier alpha value is -4.46. The Labute approximate surface area is 221 Å². The van der Waals surface area contributed by atoms with Crippen molar-refractivity contribution in [1.82, 2.24) is 14.5 Å². The maximum atomic E-state index is 13.8. The summed E-state index contributed by atoms with van der Waals surface area (Å²) in [4.78, 5) is 24.4. The summed E-state index contributed by atoms with van der Waals surface area (Å²) in [5.41, 5.74) is 3.26. The molecule has 0 saturated carbocycles. The lowest BCUT2D eigenvalue weighted by Crippen LogP contribution is -2.21. The second-order valence-corrected chi connectivity index (χ2v) is 9.65. The molecule has 3 aromatic heterocycles.